The highest BCUT2D eigenvalue weighted by atomic mass is 35.5. The van der Waals surface area contributed by atoms with Crippen LogP contribution in [0.25, 0.3) is 0 Å². The maximum absolute atomic E-state index is 12.8. The molecule has 3 aliphatic carbocycles. The number of fused-ring (bicyclic) bond motifs is 5. The number of piperidine rings is 1. The first-order chi connectivity index (χ1) is 14.7. The smallest absolute Gasteiger partial charge is 0.222 e. The second-order valence-electron chi connectivity index (χ2n) is 11.7. The first kappa shape index (κ1) is 21.6. The first-order valence-corrected chi connectivity index (χ1v) is 12.7. The number of hydrogen-bond acceptors (Lipinski definition) is 2. The second-order valence-corrected chi connectivity index (χ2v) is 12.1. The summed E-state index contributed by atoms with van der Waals surface area (Å²) in [6, 6.07) is 6.16. The lowest BCUT2D eigenvalue weighted by Gasteiger charge is -2.65. The third kappa shape index (κ3) is 3.16. The predicted molar refractivity (Wildman–Crippen MR) is 125 cm³/mol. The van der Waals surface area contributed by atoms with Crippen molar-refractivity contribution in [2.75, 3.05) is 7.05 Å². The van der Waals surface area contributed by atoms with Gasteiger partial charge in [0.2, 0.25) is 5.91 Å². The molecule has 1 aromatic carbocycles. The third-order valence-electron chi connectivity index (χ3n) is 10.2. The van der Waals surface area contributed by atoms with Gasteiger partial charge in [-0.05, 0) is 91.2 Å². The number of ether oxygens (including phenoxy) is 1. The second kappa shape index (κ2) is 7.40. The van der Waals surface area contributed by atoms with E-state index >= 15 is 0 Å². The molecule has 1 aromatic rings. The lowest BCUT2D eigenvalue weighted by atomic mass is 9.44. The fraction of sp³-hybridized carbons (Fsp3) is 0.741. The molecule has 1 saturated heterocycles. The zero-order chi connectivity index (χ0) is 22.1. The van der Waals surface area contributed by atoms with Crippen molar-refractivity contribution >= 4 is 17.5 Å². The van der Waals surface area contributed by atoms with Crippen molar-refractivity contribution in [3.8, 4) is 5.75 Å². The van der Waals surface area contributed by atoms with Crippen LogP contribution in [0, 0.1) is 41.4 Å². The monoisotopic (exact) mass is 443 g/mol. The quantitative estimate of drug-likeness (QED) is 0.521. The Hall–Kier alpha value is -1.22. The topological polar surface area (TPSA) is 29.5 Å². The van der Waals surface area contributed by atoms with Gasteiger partial charge in [0, 0.05) is 18.5 Å². The van der Waals surface area contributed by atoms with Gasteiger partial charge in [0.05, 0.1) is 6.04 Å². The summed E-state index contributed by atoms with van der Waals surface area (Å²) in [5.41, 5.74) is 1.67. The lowest BCUT2D eigenvalue weighted by Crippen LogP contribution is -2.69. The summed E-state index contributed by atoms with van der Waals surface area (Å²) >= 11 is 6.44. The van der Waals surface area contributed by atoms with Crippen molar-refractivity contribution < 1.29 is 9.53 Å². The van der Waals surface area contributed by atoms with E-state index in [1.165, 1.54) is 32.1 Å². The van der Waals surface area contributed by atoms with E-state index in [1.807, 2.05) is 37.1 Å². The fourth-order valence-corrected chi connectivity index (χ4v) is 8.64. The van der Waals surface area contributed by atoms with Crippen LogP contribution in [0.1, 0.15) is 71.3 Å². The minimum Gasteiger partial charge on any atom is -0.488 e. The summed E-state index contributed by atoms with van der Waals surface area (Å²) in [6.07, 6.45) is 8.44. The molecule has 1 aliphatic heterocycles. The van der Waals surface area contributed by atoms with Gasteiger partial charge in [-0.15, -0.1) is 0 Å². The normalized spacial score (nSPS) is 44.5. The van der Waals surface area contributed by atoms with Gasteiger partial charge in [-0.2, -0.15) is 0 Å². The van der Waals surface area contributed by atoms with Crippen LogP contribution < -0.4 is 4.74 Å². The standard InChI is InChI=1S/C27H38ClNO2/c1-16-8-9-18(15-21(16)28)31-24-17(2)23-19-7-6-12-26(19,3)13-10-20(23)27(4)14-11-22(30)29(5)25(24)27/h8-9,15,17,19-20,23-25H,6-7,10-14H2,1-5H3/t17-,19+,20+,23+,24-,25-,26+,27-/m1/s1. The SMILES string of the molecule is Cc1ccc(O[C@@H]2[C@H](C)[C@H]3[C@@H]4CCC[C@@]4(C)CC[C@@H]3[C@@]3(C)CCC(=O)N(C)[C@H]23)cc1Cl. The van der Waals surface area contributed by atoms with Crippen LogP contribution in [0.15, 0.2) is 18.2 Å². The number of halogens is 1. The van der Waals surface area contributed by atoms with E-state index in [2.05, 4.69) is 20.8 Å². The molecule has 8 atom stereocenters. The number of likely N-dealkylation sites (tertiary alicyclic amines) is 1. The Morgan fingerprint density at radius 3 is 2.65 bits per heavy atom. The maximum atomic E-state index is 12.8. The Kier molecular flexibility index (Phi) is 5.16. The zero-order valence-corrected chi connectivity index (χ0v) is 20.5. The van der Waals surface area contributed by atoms with E-state index in [0.717, 1.165) is 28.7 Å². The number of amides is 1. The zero-order valence-electron chi connectivity index (χ0n) is 19.8. The summed E-state index contributed by atoms with van der Waals surface area (Å²) < 4.78 is 6.81. The summed E-state index contributed by atoms with van der Waals surface area (Å²) in [5, 5.41) is 0.746. The first-order valence-electron chi connectivity index (χ1n) is 12.3. The van der Waals surface area contributed by atoms with Gasteiger partial charge in [-0.1, -0.05) is 44.9 Å². The van der Waals surface area contributed by atoms with Crippen molar-refractivity contribution in [1.29, 1.82) is 0 Å². The van der Waals surface area contributed by atoms with Gasteiger partial charge in [-0.3, -0.25) is 4.79 Å². The third-order valence-corrected chi connectivity index (χ3v) is 10.6. The highest BCUT2D eigenvalue weighted by molar-refractivity contribution is 6.31. The molecule has 1 amide bonds. The largest absolute Gasteiger partial charge is 0.488 e. The fourth-order valence-electron chi connectivity index (χ4n) is 8.47. The number of rotatable bonds is 2. The van der Waals surface area contributed by atoms with E-state index in [-0.39, 0.29) is 23.5 Å². The Labute approximate surface area is 192 Å². The molecular formula is C27H38ClNO2. The summed E-state index contributed by atoms with van der Waals surface area (Å²) in [7, 11) is 2.01. The average Bonchev–Trinajstić information content (AvgIpc) is 3.13. The summed E-state index contributed by atoms with van der Waals surface area (Å²) in [6.45, 7) is 9.46. The minimum absolute atomic E-state index is 0.00206. The van der Waals surface area contributed by atoms with Crippen LogP contribution in [-0.4, -0.2) is 30.0 Å². The Bertz CT molecular complexity index is 886. The molecule has 0 unspecified atom stereocenters. The number of likely N-dealkylation sites (N-methyl/N-ethyl adjacent to an activating group) is 1. The van der Waals surface area contributed by atoms with Gasteiger partial charge in [0.1, 0.15) is 11.9 Å². The number of carbonyl (C=O) groups excluding carboxylic acids is 1. The van der Waals surface area contributed by atoms with Crippen LogP contribution in [0.4, 0.5) is 0 Å². The van der Waals surface area contributed by atoms with E-state index in [9.17, 15) is 4.79 Å². The minimum atomic E-state index is 0.00206. The molecular weight excluding hydrogens is 406 g/mol. The van der Waals surface area contributed by atoms with Crippen LogP contribution in [-0.2, 0) is 4.79 Å². The highest BCUT2D eigenvalue weighted by Crippen LogP contribution is 2.66. The van der Waals surface area contributed by atoms with Gasteiger partial charge < -0.3 is 9.64 Å². The summed E-state index contributed by atoms with van der Waals surface area (Å²) in [5.74, 6) is 3.67. The van der Waals surface area contributed by atoms with Crippen LogP contribution in [0.2, 0.25) is 5.02 Å². The molecule has 3 nitrogen and oxygen atoms in total. The molecule has 5 rings (SSSR count). The van der Waals surface area contributed by atoms with E-state index in [1.54, 1.807) is 0 Å². The van der Waals surface area contributed by atoms with Crippen LogP contribution in [0.5, 0.6) is 5.75 Å². The Morgan fingerprint density at radius 2 is 1.90 bits per heavy atom. The van der Waals surface area contributed by atoms with E-state index in [0.29, 0.717) is 29.6 Å². The Morgan fingerprint density at radius 1 is 1.13 bits per heavy atom. The maximum Gasteiger partial charge on any atom is 0.222 e. The molecule has 1 heterocycles. The van der Waals surface area contributed by atoms with Gasteiger partial charge in [0.15, 0.2) is 0 Å². The number of carbonyl (C=O) groups is 1. The molecule has 4 heteroatoms. The molecule has 0 aromatic heterocycles. The van der Waals surface area contributed by atoms with Crippen molar-refractivity contribution in [3.05, 3.63) is 28.8 Å². The predicted octanol–water partition coefficient (Wildman–Crippen LogP) is 6.51. The number of aryl methyl sites for hydroxylation is 1. The summed E-state index contributed by atoms with van der Waals surface area (Å²) in [4.78, 5) is 14.9. The van der Waals surface area contributed by atoms with E-state index < -0.39 is 0 Å². The molecule has 0 N–H and O–H groups in total. The van der Waals surface area contributed by atoms with Crippen molar-refractivity contribution in [2.45, 2.75) is 84.8 Å². The van der Waals surface area contributed by atoms with Crippen molar-refractivity contribution in [2.24, 2.45) is 34.5 Å². The molecule has 3 saturated carbocycles. The molecule has 4 aliphatic rings. The van der Waals surface area contributed by atoms with Gasteiger partial charge in [-0.25, -0.2) is 0 Å². The van der Waals surface area contributed by atoms with Gasteiger partial charge >= 0.3 is 0 Å². The lowest BCUT2D eigenvalue weighted by molar-refractivity contribution is -0.191. The Balaban J connectivity index is 1.57. The van der Waals surface area contributed by atoms with Gasteiger partial charge in [0.25, 0.3) is 0 Å². The van der Waals surface area contributed by atoms with E-state index in [4.69, 9.17) is 16.3 Å². The number of hydrogen-bond donors (Lipinski definition) is 0. The average molecular weight is 444 g/mol. The molecule has 4 fully saturated rings. The van der Waals surface area contributed by atoms with Crippen molar-refractivity contribution in [3.63, 3.8) is 0 Å². The molecule has 0 radical (unpaired) electrons. The number of nitrogens with zero attached hydrogens (tertiary/aromatic N) is 1. The van der Waals surface area contributed by atoms with Crippen molar-refractivity contribution in [1.82, 2.24) is 4.90 Å². The van der Waals surface area contributed by atoms with Crippen LogP contribution >= 0.6 is 11.6 Å². The molecule has 31 heavy (non-hydrogen) atoms. The molecule has 170 valence electrons. The molecule has 0 spiro atoms. The number of benzene rings is 1. The van der Waals surface area contributed by atoms with Crippen LogP contribution in [0.3, 0.4) is 0 Å². The molecule has 0 bridgehead atoms. The highest BCUT2D eigenvalue weighted by Gasteiger charge is 2.64.